The number of aliphatic carboxylic acids is 1. The maximum absolute atomic E-state index is 11.8. The third-order valence-electron chi connectivity index (χ3n) is 2.96. The molecule has 0 saturated heterocycles. The van der Waals surface area contributed by atoms with Crippen LogP contribution in [0.1, 0.15) is 39.0 Å². The second-order valence-electron chi connectivity index (χ2n) is 4.15. The zero-order valence-corrected chi connectivity index (χ0v) is 10.4. The summed E-state index contributed by atoms with van der Waals surface area (Å²) in [5.41, 5.74) is 0. The number of sulfonamides is 1. The van der Waals surface area contributed by atoms with Crippen LogP contribution in [0, 0.1) is 0 Å². The van der Waals surface area contributed by atoms with Crippen molar-refractivity contribution in [3.8, 4) is 0 Å². The van der Waals surface area contributed by atoms with Crippen LogP contribution in [-0.4, -0.2) is 42.1 Å². The first kappa shape index (κ1) is 13.4. The van der Waals surface area contributed by atoms with E-state index >= 15 is 0 Å². The Hall–Kier alpha value is -0.620. The van der Waals surface area contributed by atoms with E-state index in [1.165, 1.54) is 4.31 Å². The van der Waals surface area contributed by atoms with Crippen LogP contribution in [0.25, 0.3) is 0 Å². The maximum atomic E-state index is 11.8. The van der Waals surface area contributed by atoms with Crippen LogP contribution >= 0.6 is 0 Å². The minimum atomic E-state index is -3.64. The first-order chi connectivity index (χ1) is 7.47. The van der Waals surface area contributed by atoms with E-state index in [9.17, 15) is 13.2 Å². The molecule has 94 valence electrons. The summed E-state index contributed by atoms with van der Waals surface area (Å²) in [6, 6.07) is 0.00287. The van der Waals surface area contributed by atoms with Crippen molar-refractivity contribution >= 4 is 16.0 Å². The predicted octanol–water partition coefficient (Wildman–Crippen LogP) is 1.06. The first-order valence-corrected chi connectivity index (χ1v) is 7.29. The van der Waals surface area contributed by atoms with E-state index in [1.807, 2.05) is 0 Å². The Morgan fingerprint density at radius 3 is 2.31 bits per heavy atom. The van der Waals surface area contributed by atoms with Gasteiger partial charge in [-0.25, -0.2) is 8.42 Å². The molecule has 0 atom stereocenters. The fourth-order valence-corrected chi connectivity index (χ4v) is 3.83. The second-order valence-corrected chi connectivity index (χ2v) is 6.07. The summed E-state index contributed by atoms with van der Waals surface area (Å²) >= 11 is 0. The summed E-state index contributed by atoms with van der Waals surface area (Å²) in [7, 11) is -3.64. The molecule has 1 fully saturated rings. The zero-order chi connectivity index (χ0) is 12.2. The molecule has 1 N–H and O–H groups in total. The van der Waals surface area contributed by atoms with Crippen LogP contribution in [0.3, 0.4) is 0 Å². The lowest BCUT2D eigenvalue weighted by Crippen LogP contribution is -2.43. The van der Waals surface area contributed by atoms with E-state index in [-0.39, 0.29) is 6.04 Å². The molecule has 0 heterocycles. The van der Waals surface area contributed by atoms with Crippen molar-refractivity contribution in [3.63, 3.8) is 0 Å². The van der Waals surface area contributed by atoms with Gasteiger partial charge in [-0.15, -0.1) is 0 Å². The zero-order valence-electron chi connectivity index (χ0n) is 9.55. The maximum Gasteiger partial charge on any atom is 0.320 e. The van der Waals surface area contributed by atoms with Crippen molar-refractivity contribution in [2.24, 2.45) is 0 Å². The third-order valence-corrected chi connectivity index (χ3v) is 4.84. The predicted molar refractivity (Wildman–Crippen MR) is 60.7 cm³/mol. The minimum Gasteiger partial charge on any atom is -0.480 e. The molecule has 0 aliphatic heterocycles. The molecule has 0 aromatic heterocycles. The topological polar surface area (TPSA) is 74.7 Å². The van der Waals surface area contributed by atoms with Crippen molar-refractivity contribution in [1.82, 2.24) is 4.31 Å². The molecular weight excluding hydrogens is 230 g/mol. The Kier molecular flexibility index (Phi) is 4.73. The lowest BCUT2D eigenvalue weighted by Gasteiger charge is -2.32. The van der Waals surface area contributed by atoms with Gasteiger partial charge < -0.3 is 5.11 Å². The molecule has 5 nitrogen and oxygen atoms in total. The average molecular weight is 249 g/mol. The van der Waals surface area contributed by atoms with E-state index in [4.69, 9.17) is 5.11 Å². The lowest BCUT2D eigenvalue weighted by molar-refractivity contribution is -0.134. The molecular formula is C10H19NO4S. The highest BCUT2D eigenvalue weighted by Crippen LogP contribution is 2.24. The van der Waals surface area contributed by atoms with Gasteiger partial charge in [-0.05, 0) is 12.8 Å². The molecule has 0 bridgehead atoms. The summed E-state index contributed by atoms with van der Waals surface area (Å²) < 4.78 is 25.0. The Morgan fingerprint density at radius 2 is 1.88 bits per heavy atom. The van der Waals surface area contributed by atoms with Crippen LogP contribution in [-0.2, 0) is 14.8 Å². The summed E-state index contributed by atoms with van der Waals surface area (Å²) in [6.45, 7) is 2.12. The summed E-state index contributed by atoms with van der Waals surface area (Å²) in [4.78, 5) is 10.5. The van der Waals surface area contributed by atoms with E-state index in [0.29, 0.717) is 6.54 Å². The SMILES string of the molecule is CCN(C1CCCCC1)S(=O)(=O)CC(=O)O. The number of nitrogens with zero attached hydrogens (tertiary/aromatic N) is 1. The van der Waals surface area contributed by atoms with Gasteiger partial charge in [-0.3, -0.25) is 4.79 Å². The monoisotopic (exact) mass is 249 g/mol. The normalized spacial score (nSPS) is 18.9. The molecule has 0 unspecified atom stereocenters. The van der Waals surface area contributed by atoms with Crippen molar-refractivity contribution in [1.29, 1.82) is 0 Å². The number of carbonyl (C=O) groups is 1. The quantitative estimate of drug-likeness (QED) is 0.790. The molecule has 0 amide bonds. The van der Waals surface area contributed by atoms with Crippen LogP contribution in [0.5, 0.6) is 0 Å². The largest absolute Gasteiger partial charge is 0.480 e. The number of rotatable bonds is 5. The highest BCUT2D eigenvalue weighted by molar-refractivity contribution is 7.89. The molecule has 6 heteroatoms. The minimum absolute atomic E-state index is 0.00287. The third kappa shape index (κ3) is 3.45. The van der Waals surface area contributed by atoms with Crippen molar-refractivity contribution in [2.45, 2.75) is 45.1 Å². The Labute approximate surface area is 96.5 Å². The molecule has 16 heavy (non-hydrogen) atoms. The van der Waals surface area contributed by atoms with Gasteiger partial charge in [-0.2, -0.15) is 4.31 Å². The standard InChI is InChI=1S/C10H19NO4S/c1-2-11(9-6-4-3-5-7-9)16(14,15)8-10(12)13/h9H,2-8H2,1H3,(H,12,13). The summed E-state index contributed by atoms with van der Waals surface area (Å²) in [5, 5.41) is 8.59. The highest BCUT2D eigenvalue weighted by Gasteiger charge is 2.31. The first-order valence-electron chi connectivity index (χ1n) is 5.68. The fourth-order valence-electron chi connectivity index (χ4n) is 2.29. The molecule has 1 saturated carbocycles. The molecule has 0 spiro atoms. The molecule has 0 aromatic carbocycles. The van der Waals surface area contributed by atoms with Crippen molar-refractivity contribution in [2.75, 3.05) is 12.3 Å². The molecule has 1 aliphatic carbocycles. The fraction of sp³-hybridized carbons (Fsp3) is 0.900. The van der Waals surface area contributed by atoms with E-state index < -0.39 is 21.7 Å². The molecule has 1 aliphatic rings. The molecule has 0 aromatic rings. The van der Waals surface area contributed by atoms with Crippen LogP contribution in [0.4, 0.5) is 0 Å². The number of carboxylic acids is 1. The summed E-state index contributed by atoms with van der Waals surface area (Å²) in [5.74, 6) is -2.08. The number of carboxylic acid groups (broad SMARTS) is 1. The van der Waals surface area contributed by atoms with Gasteiger partial charge in [0.25, 0.3) is 0 Å². The van der Waals surface area contributed by atoms with Gasteiger partial charge in [0.15, 0.2) is 5.75 Å². The van der Waals surface area contributed by atoms with Crippen LogP contribution < -0.4 is 0 Å². The van der Waals surface area contributed by atoms with E-state index in [2.05, 4.69) is 0 Å². The van der Waals surface area contributed by atoms with Gasteiger partial charge in [-0.1, -0.05) is 26.2 Å². The van der Waals surface area contributed by atoms with E-state index in [0.717, 1.165) is 32.1 Å². The summed E-state index contributed by atoms with van der Waals surface area (Å²) in [6.07, 6.45) is 4.92. The Balaban J connectivity index is 2.75. The van der Waals surface area contributed by atoms with Gasteiger partial charge in [0.1, 0.15) is 0 Å². The lowest BCUT2D eigenvalue weighted by atomic mass is 9.95. The van der Waals surface area contributed by atoms with E-state index in [1.54, 1.807) is 6.92 Å². The van der Waals surface area contributed by atoms with Gasteiger partial charge in [0.2, 0.25) is 10.0 Å². The van der Waals surface area contributed by atoms with Gasteiger partial charge in [0, 0.05) is 12.6 Å². The Morgan fingerprint density at radius 1 is 1.31 bits per heavy atom. The smallest absolute Gasteiger partial charge is 0.320 e. The highest BCUT2D eigenvalue weighted by atomic mass is 32.2. The Bertz CT molecular complexity index is 333. The van der Waals surface area contributed by atoms with Crippen LogP contribution in [0.15, 0.2) is 0 Å². The van der Waals surface area contributed by atoms with Crippen LogP contribution in [0.2, 0.25) is 0 Å². The van der Waals surface area contributed by atoms with Crippen molar-refractivity contribution < 1.29 is 18.3 Å². The van der Waals surface area contributed by atoms with Crippen molar-refractivity contribution in [3.05, 3.63) is 0 Å². The number of hydrogen-bond acceptors (Lipinski definition) is 3. The number of hydrogen-bond donors (Lipinski definition) is 1. The second kappa shape index (κ2) is 5.63. The van der Waals surface area contributed by atoms with Gasteiger partial charge in [0.05, 0.1) is 0 Å². The van der Waals surface area contributed by atoms with Gasteiger partial charge >= 0.3 is 5.97 Å². The molecule has 1 rings (SSSR count). The molecule has 0 radical (unpaired) electrons. The average Bonchev–Trinajstić information content (AvgIpc) is 2.17.